The van der Waals surface area contributed by atoms with Gasteiger partial charge >= 0.3 is 0 Å². The molecule has 4 aromatic rings. The van der Waals surface area contributed by atoms with Crippen LogP contribution < -0.4 is 9.47 Å². The van der Waals surface area contributed by atoms with Gasteiger partial charge in [0.25, 0.3) is 0 Å². The molecule has 2 aliphatic rings. The van der Waals surface area contributed by atoms with Crippen LogP contribution in [0.4, 0.5) is 0 Å². The average molecular weight is 828 g/mol. The lowest BCUT2D eigenvalue weighted by Crippen LogP contribution is -2.12. The number of rotatable bonds is 20. The highest BCUT2D eigenvalue weighted by Crippen LogP contribution is 2.52. The number of halogens is 2. The Bertz CT molecular complexity index is 1640. The topological polar surface area (TPSA) is 18.5 Å². The summed E-state index contributed by atoms with van der Waals surface area (Å²) in [6.07, 6.45) is 19.7. The maximum absolute atomic E-state index is 7.41. The molecular formula is C52H68Cl2O2S. The first-order chi connectivity index (χ1) is 27.8. The molecule has 308 valence electrons. The quantitative estimate of drug-likeness (QED) is 0.0827. The third-order valence-electron chi connectivity index (χ3n) is 12.8. The summed E-state index contributed by atoms with van der Waals surface area (Å²) < 4.78 is 12.4. The Kier molecular flexibility index (Phi) is 17.5. The Morgan fingerprint density at radius 2 is 0.895 bits per heavy atom. The summed E-state index contributed by atoms with van der Waals surface area (Å²) in [6.45, 7) is 10.8. The van der Waals surface area contributed by atoms with E-state index < -0.39 is 0 Å². The first-order valence-electron chi connectivity index (χ1n) is 22.5. The zero-order valence-electron chi connectivity index (χ0n) is 35.3. The lowest BCUT2D eigenvalue weighted by atomic mass is 9.79. The molecule has 0 spiro atoms. The number of hydrogen-bond donors (Lipinski definition) is 0. The number of thioether (sulfide) groups is 1. The van der Waals surface area contributed by atoms with E-state index in [-0.39, 0.29) is 10.5 Å². The molecule has 0 aromatic heterocycles. The van der Waals surface area contributed by atoms with Crippen molar-refractivity contribution in [3.05, 3.63) is 128 Å². The molecular weight excluding hydrogens is 760 g/mol. The van der Waals surface area contributed by atoms with E-state index in [1.807, 2.05) is 11.8 Å². The van der Waals surface area contributed by atoms with Crippen molar-refractivity contribution in [2.24, 2.45) is 11.8 Å². The number of hydrogen-bond acceptors (Lipinski definition) is 3. The van der Waals surface area contributed by atoms with Gasteiger partial charge < -0.3 is 9.47 Å². The molecule has 2 saturated carbocycles. The van der Waals surface area contributed by atoms with Gasteiger partial charge in [0.1, 0.15) is 11.5 Å². The van der Waals surface area contributed by atoms with E-state index in [0.29, 0.717) is 11.8 Å². The van der Waals surface area contributed by atoms with Crippen LogP contribution in [0.5, 0.6) is 11.5 Å². The highest BCUT2D eigenvalue weighted by molar-refractivity contribution is 8.00. The molecule has 0 bridgehead atoms. The van der Waals surface area contributed by atoms with Crippen molar-refractivity contribution in [2.75, 3.05) is 13.2 Å². The molecule has 2 aliphatic carbocycles. The fourth-order valence-corrected chi connectivity index (χ4v) is 11.3. The largest absolute Gasteiger partial charge is 0.494 e. The Morgan fingerprint density at radius 1 is 0.509 bits per heavy atom. The molecule has 2 nitrogen and oxygen atoms in total. The molecule has 0 radical (unpaired) electrons. The Hall–Kier alpha value is -2.59. The fraction of sp³-hybridized carbons (Fsp3) is 0.538. The minimum atomic E-state index is -0.0356. The lowest BCUT2D eigenvalue weighted by molar-refractivity contribution is 0.305. The van der Waals surface area contributed by atoms with Crippen LogP contribution in [0.25, 0.3) is 0 Å². The van der Waals surface area contributed by atoms with E-state index in [1.165, 1.54) is 112 Å². The smallest absolute Gasteiger partial charge is 0.119 e. The van der Waals surface area contributed by atoms with E-state index in [2.05, 4.69) is 113 Å². The Morgan fingerprint density at radius 3 is 1.25 bits per heavy atom. The highest BCUT2D eigenvalue weighted by atomic mass is 35.5. The van der Waals surface area contributed by atoms with Crippen molar-refractivity contribution in [2.45, 2.75) is 153 Å². The van der Waals surface area contributed by atoms with Gasteiger partial charge in [0.15, 0.2) is 0 Å². The highest BCUT2D eigenvalue weighted by Gasteiger charge is 2.29. The van der Waals surface area contributed by atoms with Crippen LogP contribution in [-0.2, 0) is 0 Å². The summed E-state index contributed by atoms with van der Waals surface area (Å²) in [4.78, 5) is 0. The van der Waals surface area contributed by atoms with Gasteiger partial charge in [-0.1, -0.05) is 164 Å². The molecule has 5 heteroatoms. The standard InChI is InChI=1S/C52H68Cl2O2S/c1-5-7-9-11-33-55-45-27-21-41(22-28-45)51(47-31-25-43(35-49(47)53)39-17-13-37(3)14-18-39)57-52(42-23-29-46(30-24-42)56-34-12-10-8-6-2)48-32-26-44(36-50(48)54)40-19-15-38(4)16-20-40/h21-32,35-40,51-52H,5-20,33-34H2,1-4H3. The van der Waals surface area contributed by atoms with Gasteiger partial charge in [0.05, 0.1) is 23.7 Å². The van der Waals surface area contributed by atoms with Gasteiger partial charge in [-0.3, -0.25) is 0 Å². The summed E-state index contributed by atoms with van der Waals surface area (Å²) in [7, 11) is 0. The molecule has 0 N–H and O–H groups in total. The number of unbranched alkanes of at least 4 members (excludes halogenated alkanes) is 6. The summed E-state index contributed by atoms with van der Waals surface area (Å²) in [5.41, 5.74) is 7.46. The minimum Gasteiger partial charge on any atom is -0.494 e. The van der Waals surface area contributed by atoms with Crippen LogP contribution in [0.1, 0.15) is 186 Å². The van der Waals surface area contributed by atoms with Crippen molar-refractivity contribution in [3.8, 4) is 11.5 Å². The zero-order valence-corrected chi connectivity index (χ0v) is 37.6. The summed E-state index contributed by atoms with van der Waals surface area (Å²) >= 11 is 16.7. The predicted molar refractivity (Wildman–Crippen MR) is 247 cm³/mol. The van der Waals surface area contributed by atoms with Crippen LogP contribution in [0.3, 0.4) is 0 Å². The molecule has 6 rings (SSSR count). The van der Waals surface area contributed by atoms with Gasteiger partial charge in [-0.25, -0.2) is 0 Å². The summed E-state index contributed by atoms with van der Waals surface area (Å²) in [6, 6.07) is 31.4. The average Bonchev–Trinajstić information content (AvgIpc) is 3.23. The van der Waals surface area contributed by atoms with Gasteiger partial charge in [-0.05, 0) is 132 Å². The van der Waals surface area contributed by atoms with E-state index >= 15 is 0 Å². The minimum absolute atomic E-state index is 0.0356. The van der Waals surface area contributed by atoms with Gasteiger partial charge in [-0.2, -0.15) is 0 Å². The van der Waals surface area contributed by atoms with Crippen LogP contribution in [0, 0.1) is 11.8 Å². The third-order valence-corrected chi connectivity index (χ3v) is 15.0. The fourth-order valence-electron chi connectivity index (χ4n) is 8.92. The molecule has 0 amide bonds. The maximum atomic E-state index is 7.41. The van der Waals surface area contributed by atoms with Crippen molar-refractivity contribution < 1.29 is 9.47 Å². The summed E-state index contributed by atoms with van der Waals surface area (Å²) in [5.74, 6) is 4.63. The van der Waals surface area contributed by atoms with Crippen molar-refractivity contribution in [1.82, 2.24) is 0 Å². The molecule has 2 unspecified atom stereocenters. The maximum Gasteiger partial charge on any atom is 0.119 e. The van der Waals surface area contributed by atoms with Crippen LogP contribution in [-0.4, -0.2) is 13.2 Å². The summed E-state index contributed by atoms with van der Waals surface area (Å²) in [5, 5.41) is 1.62. The van der Waals surface area contributed by atoms with Crippen molar-refractivity contribution >= 4 is 35.0 Å². The monoisotopic (exact) mass is 826 g/mol. The van der Waals surface area contributed by atoms with E-state index in [4.69, 9.17) is 32.7 Å². The molecule has 2 atom stereocenters. The Labute approximate surface area is 360 Å². The van der Waals surface area contributed by atoms with Gasteiger partial charge in [-0.15, -0.1) is 11.8 Å². The SMILES string of the molecule is CCCCCCOc1ccc(C(SC(c2ccc(OCCCCCC)cc2)c2ccc(C3CCC(C)CC3)cc2Cl)c2ccc(C3CCC(C)CC3)cc2Cl)cc1. The molecule has 0 heterocycles. The Balaban J connectivity index is 1.33. The zero-order chi connectivity index (χ0) is 40.0. The van der Waals surface area contributed by atoms with E-state index in [1.54, 1.807) is 0 Å². The first-order valence-corrected chi connectivity index (χ1v) is 24.2. The number of ether oxygens (including phenoxy) is 2. The second-order valence-corrected chi connectivity index (χ2v) is 19.4. The molecule has 0 aliphatic heterocycles. The number of benzene rings is 4. The molecule has 2 fully saturated rings. The van der Waals surface area contributed by atoms with E-state index in [9.17, 15) is 0 Å². The second kappa shape index (κ2) is 22.7. The third kappa shape index (κ3) is 12.7. The van der Waals surface area contributed by atoms with Gasteiger partial charge in [0.2, 0.25) is 0 Å². The molecule has 4 aromatic carbocycles. The van der Waals surface area contributed by atoms with Crippen LogP contribution >= 0.6 is 35.0 Å². The van der Waals surface area contributed by atoms with Gasteiger partial charge in [0, 0.05) is 10.0 Å². The molecule has 57 heavy (non-hydrogen) atoms. The predicted octanol–water partition coefficient (Wildman–Crippen LogP) is 17.1. The van der Waals surface area contributed by atoms with Crippen molar-refractivity contribution in [1.29, 1.82) is 0 Å². The van der Waals surface area contributed by atoms with Crippen molar-refractivity contribution in [3.63, 3.8) is 0 Å². The normalized spacial score (nSPS) is 20.9. The lowest BCUT2D eigenvalue weighted by Gasteiger charge is -2.29. The van der Waals surface area contributed by atoms with Crippen LogP contribution in [0.2, 0.25) is 10.0 Å². The first kappa shape index (κ1) is 44.0. The van der Waals surface area contributed by atoms with Crippen LogP contribution in [0.15, 0.2) is 84.9 Å². The second-order valence-electron chi connectivity index (χ2n) is 17.3. The van der Waals surface area contributed by atoms with E-state index in [0.717, 1.165) is 70.6 Å². The molecule has 0 saturated heterocycles.